The average Bonchev–Trinajstić information content (AvgIpc) is 2.80. The van der Waals surface area contributed by atoms with E-state index < -0.39 is 0 Å². The molecule has 1 saturated heterocycles. The molecular weight excluding hydrogens is 200 g/mol. The van der Waals surface area contributed by atoms with Crippen LogP contribution in [0.25, 0.3) is 0 Å². The zero-order chi connectivity index (χ0) is 11.4. The lowest BCUT2D eigenvalue weighted by atomic mass is 9.90. The highest BCUT2D eigenvalue weighted by Crippen LogP contribution is 2.31. The predicted molar refractivity (Wildman–Crippen MR) is 63.0 cm³/mol. The third-order valence-electron chi connectivity index (χ3n) is 3.24. The number of isocyanates is 1. The second-order valence-electron chi connectivity index (χ2n) is 4.27. The van der Waals surface area contributed by atoms with Gasteiger partial charge in [0.2, 0.25) is 6.08 Å². The third kappa shape index (κ3) is 2.21. The van der Waals surface area contributed by atoms with Crippen molar-refractivity contribution < 1.29 is 4.79 Å². The smallest absolute Gasteiger partial charge is 0.235 e. The van der Waals surface area contributed by atoms with E-state index >= 15 is 0 Å². The standard InChI is InChI=1S/C13H16N2O/c1-10-4-2-3-5-12(10)13(15-9-16)11-6-7-14-8-11/h2-5,11,13-14H,6-8H2,1H3. The lowest BCUT2D eigenvalue weighted by Gasteiger charge is -2.19. The second kappa shape index (κ2) is 5.06. The molecule has 16 heavy (non-hydrogen) atoms. The first-order valence-electron chi connectivity index (χ1n) is 5.66. The first-order valence-corrected chi connectivity index (χ1v) is 5.66. The number of aliphatic imine (C=N–C) groups is 1. The Hall–Kier alpha value is -1.44. The molecule has 2 atom stereocenters. The van der Waals surface area contributed by atoms with Gasteiger partial charge in [0.15, 0.2) is 0 Å². The van der Waals surface area contributed by atoms with E-state index in [0.29, 0.717) is 5.92 Å². The summed E-state index contributed by atoms with van der Waals surface area (Å²) < 4.78 is 0. The molecule has 1 aliphatic rings. The molecule has 0 aromatic heterocycles. The van der Waals surface area contributed by atoms with Crippen LogP contribution >= 0.6 is 0 Å². The highest BCUT2D eigenvalue weighted by atomic mass is 16.1. The maximum atomic E-state index is 10.5. The number of hydrogen-bond acceptors (Lipinski definition) is 3. The van der Waals surface area contributed by atoms with Crippen molar-refractivity contribution in [1.29, 1.82) is 0 Å². The van der Waals surface area contributed by atoms with E-state index in [4.69, 9.17) is 0 Å². The highest BCUT2D eigenvalue weighted by Gasteiger charge is 2.26. The van der Waals surface area contributed by atoms with Gasteiger partial charge in [-0.15, -0.1) is 0 Å². The van der Waals surface area contributed by atoms with Crippen LogP contribution in [0.4, 0.5) is 0 Å². The Bertz CT molecular complexity index is 404. The van der Waals surface area contributed by atoms with Crippen molar-refractivity contribution in [2.45, 2.75) is 19.4 Å². The summed E-state index contributed by atoms with van der Waals surface area (Å²) in [4.78, 5) is 14.5. The molecule has 1 heterocycles. The topological polar surface area (TPSA) is 41.5 Å². The van der Waals surface area contributed by atoms with Gasteiger partial charge in [-0.1, -0.05) is 24.3 Å². The number of carbonyl (C=O) groups excluding carboxylic acids is 1. The summed E-state index contributed by atoms with van der Waals surface area (Å²) >= 11 is 0. The molecule has 0 spiro atoms. The molecule has 84 valence electrons. The monoisotopic (exact) mass is 216 g/mol. The SMILES string of the molecule is Cc1ccccc1C(N=C=O)C1CCNC1. The van der Waals surface area contributed by atoms with Gasteiger partial charge in [0, 0.05) is 6.54 Å². The van der Waals surface area contributed by atoms with Gasteiger partial charge < -0.3 is 5.32 Å². The van der Waals surface area contributed by atoms with E-state index in [9.17, 15) is 4.79 Å². The van der Waals surface area contributed by atoms with E-state index in [2.05, 4.69) is 29.4 Å². The van der Waals surface area contributed by atoms with Gasteiger partial charge in [-0.05, 0) is 36.9 Å². The zero-order valence-corrected chi connectivity index (χ0v) is 9.44. The summed E-state index contributed by atoms with van der Waals surface area (Å²) in [5.41, 5.74) is 2.35. The van der Waals surface area contributed by atoms with Crippen LogP contribution in [0.5, 0.6) is 0 Å². The summed E-state index contributed by atoms with van der Waals surface area (Å²) in [6.07, 6.45) is 2.79. The lowest BCUT2D eigenvalue weighted by molar-refractivity contribution is 0.464. The van der Waals surface area contributed by atoms with Crippen molar-refractivity contribution >= 4 is 6.08 Å². The van der Waals surface area contributed by atoms with Gasteiger partial charge in [-0.25, -0.2) is 4.79 Å². The Balaban J connectivity index is 2.31. The van der Waals surface area contributed by atoms with Gasteiger partial charge in [-0.2, -0.15) is 4.99 Å². The Morgan fingerprint density at radius 1 is 1.50 bits per heavy atom. The number of benzene rings is 1. The quantitative estimate of drug-likeness (QED) is 0.620. The summed E-state index contributed by atoms with van der Waals surface area (Å²) in [6, 6.07) is 8.09. The number of aryl methyl sites for hydroxylation is 1. The maximum absolute atomic E-state index is 10.5. The first kappa shape index (κ1) is 11.1. The highest BCUT2D eigenvalue weighted by molar-refractivity contribution is 5.38. The minimum Gasteiger partial charge on any atom is -0.316 e. The van der Waals surface area contributed by atoms with Crippen molar-refractivity contribution in [2.24, 2.45) is 10.9 Å². The Morgan fingerprint density at radius 3 is 2.94 bits per heavy atom. The summed E-state index contributed by atoms with van der Waals surface area (Å²) in [6.45, 7) is 4.01. The molecule has 1 aromatic rings. The summed E-state index contributed by atoms with van der Waals surface area (Å²) in [5, 5.41) is 3.31. The molecule has 1 N–H and O–H groups in total. The average molecular weight is 216 g/mol. The van der Waals surface area contributed by atoms with Gasteiger partial charge in [0.1, 0.15) is 0 Å². The van der Waals surface area contributed by atoms with Crippen LogP contribution < -0.4 is 5.32 Å². The minimum atomic E-state index is -0.0336. The number of nitrogens with one attached hydrogen (secondary N) is 1. The molecule has 0 saturated carbocycles. The zero-order valence-electron chi connectivity index (χ0n) is 9.44. The molecule has 0 bridgehead atoms. The predicted octanol–water partition coefficient (Wildman–Crippen LogP) is 1.98. The van der Waals surface area contributed by atoms with Crippen LogP contribution in [0.1, 0.15) is 23.6 Å². The molecule has 1 fully saturated rings. The third-order valence-corrected chi connectivity index (χ3v) is 3.24. The van der Waals surface area contributed by atoms with Gasteiger partial charge >= 0.3 is 0 Å². The van der Waals surface area contributed by atoms with Crippen LogP contribution in [0.2, 0.25) is 0 Å². The van der Waals surface area contributed by atoms with Crippen molar-refractivity contribution in [3.8, 4) is 0 Å². The number of hydrogen-bond donors (Lipinski definition) is 1. The molecule has 0 aliphatic carbocycles. The molecule has 2 unspecified atom stereocenters. The Morgan fingerprint density at radius 2 is 2.31 bits per heavy atom. The first-order chi connectivity index (χ1) is 7.83. The minimum absolute atomic E-state index is 0.0336. The van der Waals surface area contributed by atoms with E-state index in [1.165, 1.54) is 5.56 Å². The van der Waals surface area contributed by atoms with Crippen molar-refractivity contribution in [3.05, 3.63) is 35.4 Å². The largest absolute Gasteiger partial charge is 0.316 e. The molecule has 3 heteroatoms. The van der Waals surface area contributed by atoms with Gasteiger partial charge in [0.25, 0.3) is 0 Å². The van der Waals surface area contributed by atoms with Crippen molar-refractivity contribution in [2.75, 3.05) is 13.1 Å². The van der Waals surface area contributed by atoms with Crippen molar-refractivity contribution in [1.82, 2.24) is 5.32 Å². The van der Waals surface area contributed by atoms with Crippen LogP contribution in [0.3, 0.4) is 0 Å². The maximum Gasteiger partial charge on any atom is 0.235 e. The fraction of sp³-hybridized carbons (Fsp3) is 0.462. The van der Waals surface area contributed by atoms with Gasteiger partial charge in [-0.3, -0.25) is 0 Å². The number of nitrogens with zero attached hydrogens (tertiary/aromatic N) is 1. The fourth-order valence-corrected chi connectivity index (χ4v) is 2.35. The molecule has 2 rings (SSSR count). The normalized spacial score (nSPS) is 21.4. The van der Waals surface area contributed by atoms with E-state index in [1.807, 2.05) is 12.1 Å². The van der Waals surface area contributed by atoms with Crippen LogP contribution in [-0.4, -0.2) is 19.2 Å². The molecule has 3 nitrogen and oxygen atoms in total. The van der Waals surface area contributed by atoms with E-state index in [0.717, 1.165) is 25.1 Å². The molecule has 1 aromatic carbocycles. The lowest BCUT2D eigenvalue weighted by Crippen LogP contribution is -2.15. The molecule has 1 aliphatic heterocycles. The molecule has 0 amide bonds. The van der Waals surface area contributed by atoms with Gasteiger partial charge in [0.05, 0.1) is 6.04 Å². The fourth-order valence-electron chi connectivity index (χ4n) is 2.35. The van der Waals surface area contributed by atoms with Crippen molar-refractivity contribution in [3.63, 3.8) is 0 Å². The summed E-state index contributed by atoms with van der Waals surface area (Å²) in [7, 11) is 0. The molecule has 0 radical (unpaired) electrons. The van der Waals surface area contributed by atoms with Crippen LogP contribution in [0, 0.1) is 12.8 Å². The van der Waals surface area contributed by atoms with Crippen LogP contribution in [0.15, 0.2) is 29.3 Å². The second-order valence-corrected chi connectivity index (χ2v) is 4.27. The summed E-state index contributed by atoms with van der Waals surface area (Å²) in [5.74, 6) is 0.419. The van der Waals surface area contributed by atoms with Crippen LogP contribution in [-0.2, 0) is 4.79 Å². The van der Waals surface area contributed by atoms with E-state index in [-0.39, 0.29) is 6.04 Å². The Kier molecular flexibility index (Phi) is 3.50. The number of rotatable bonds is 3. The molecular formula is C13H16N2O. The van der Waals surface area contributed by atoms with E-state index in [1.54, 1.807) is 6.08 Å². The Labute approximate surface area is 95.6 Å².